The summed E-state index contributed by atoms with van der Waals surface area (Å²) < 4.78 is 12.6. The van der Waals surface area contributed by atoms with Crippen LogP contribution in [0.1, 0.15) is 58.3 Å². The van der Waals surface area contributed by atoms with Gasteiger partial charge in [-0.15, -0.1) is 0 Å². The Balaban J connectivity index is 1.58. The molecule has 0 bridgehead atoms. The summed E-state index contributed by atoms with van der Waals surface area (Å²) in [6.45, 7) is 2.97. The molecule has 0 radical (unpaired) electrons. The van der Waals surface area contributed by atoms with E-state index in [9.17, 15) is 14.4 Å². The number of carbonyl (C=O) groups is 3. The van der Waals surface area contributed by atoms with E-state index in [0.717, 1.165) is 24.1 Å². The average molecular weight is 518 g/mol. The van der Waals surface area contributed by atoms with Crippen LogP contribution in [0, 0.1) is 0 Å². The van der Waals surface area contributed by atoms with E-state index in [-0.39, 0.29) is 17.5 Å². The molecule has 0 saturated carbocycles. The van der Waals surface area contributed by atoms with Crippen molar-refractivity contribution in [3.8, 4) is 17.2 Å². The lowest BCUT2D eigenvalue weighted by atomic mass is 10.0. The van der Waals surface area contributed by atoms with Gasteiger partial charge in [-0.2, -0.15) is 5.10 Å². The molecule has 2 aliphatic heterocycles. The minimum absolute atomic E-state index is 0.0823. The number of anilines is 2. The van der Waals surface area contributed by atoms with Gasteiger partial charge in [0.05, 0.1) is 25.6 Å². The van der Waals surface area contributed by atoms with Gasteiger partial charge in [-0.1, -0.05) is 6.92 Å². The van der Waals surface area contributed by atoms with Crippen molar-refractivity contribution >= 4 is 29.1 Å². The molecule has 2 N–H and O–H groups in total. The van der Waals surface area contributed by atoms with E-state index in [4.69, 9.17) is 15.2 Å². The van der Waals surface area contributed by atoms with Crippen LogP contribution in [0.25, 0.3) is 5.69 Å². The fraction of sp³-hybridized carbons (Fsp3) is 0.357. The van der Waals surface area contributed by atoms with Crippen LogP contribution in [0.2, 0.25) is 0 Å². The summed E-state index contributed by atoms with van der Waals surface area (Å²) in [5, 5.41) is 4.51. The number of ether oxygens (including phenoxy) is 2. The third kappa shape index (κ3) is 4.25. The van der Waals surface area contributed by atoms with Gasteiger partial charge in [0, 0.05) is 36.8 Å². The van der Waals surface area contributed by atoms with E-state index in [0.29, 0.717) is 66.5 Å². The Morgan fingerprint density at radius 1 is 0.974 bits per heavy atom. The lowest BCUT2D eigenvalue weighted by Gasteiger charge is -2.31. The molecule has 0 atom stereocenters. The second-order valence-corrected chi connectivity index (χ2v) is 9.37. The van der Waals surface area contributed by atoms with E-state index in [2.05, 4.69) is 5.10 Å². The van der Waals surface area contributed by atoms with E-state index >= 15 is 0 Å². The van der Waals surface area contributed by atoms with Crippen molar-refractivity contribution in [2.45, 2.75) is 39.0 Å². The maximum atomic E-state index is 14.0. The highest BCUT2D eigenvalue weighted by Gasteiger charge is 2.36. The van der Waals surface area contributed by atoms with Gasteiger partial charge in [0.2, 0.25) is 5.91 Å². The van der Waals surface area contributed by atoms with E-state index < -0.39 is 5.91 Å². The largest absolute Gasteiger partial charge is 0.497 e. The Morgan fingerprint density at radius 2 is 1.76 bits per heavy atom. The Bertz CT molecular complexity index is 1430. The van der Waals surface area contributed by atoms with E-state index in [1.54, 1.807) is 42.2 Å². The minimum atomic E-state index is -0.680. The number of primary amides is 1. The van der Waals surface area contributed by atoms with Crippen molar-refractivity contribution in [1.82, 2.24) is 9.78 Å². The number of fused-ring (bicyclic) bond motifs is 1. The first kappa shape index (κ1) is 25.3. The molecular weight excluding hydrogens is 486 g/mol. The maximum absolute atomic E-state index is 14.0. The fourth-order valence-electron chi connectivity index (χ4n) is 5.28. The van der Waals surface area contributed by atoms with Crippen LogP contribution in [-0.4, -0.2) is 54.8 Å². The number of methoxy groups -OCH3 is 2. The second kappa shape index (κ2) is 10.2. The number of hydrogen-bond acceptors (Lipinski definition) is 6. The summed E-state index contributed by atoms with van der Waals surface area (Å²) in [4.78, 5) is 42.2. The van der Waals surface area contributed by atoms with Crippen LogP contribution in [0.15, 0.2) is 36.4 Å². The molecule has 10 heteroatoms. The van der Waals surface area contributed by atoms with Crippen molar-refractivity contribution in [1.29, 1.82) is 0 Å². The third-order valence-corrected chi connectivity index (χ3v) is 7.23. The van der Waals surface area contributed by atoms with Gasteiger partial charge in [-0.05, 0) is 61.6 Å². The molecule has 2 aliphatic rings. The predicted molar refractivity (Wildman–Crippen MR) is 143 cm³/mol. The number of rotatable bonds is 7. The van der Waals surface area contributed by atoms with Gasteiger partial charge in [0.1, 0.15) is 17.2 Å². The quantitative estimate of drug-likeness (QED) is 0.514. The molecule has 0 aliphatic carbocycles. The second-order valence-electron chi connectivity index (χ2n) is 9.37. The topological polar surface area (TPSA) is 120 Å². The van der Waals surface area contributed by atoms with Crippen LogP contribution in [0.3, 0.4) is 0 Å². The van der Waals surface area contributed by atoms with Gasteiger partial charge in [0.15, 0.2) is 5.69 Å². The summed E-state index contributed by atoms with van der Waals surface area (Å²) in [5.74, 6) is 0.258. The highest BCUT2D eigenvalue weighted by atomic mass is 16.5. The molecule has 1 saturated heterocycles. The normalized spacial score (nSPS) is 15.4. The first-order valence-electron chi connectivity index (χ1n) is 12.8. The van der Waals surface area contributed by atoms with Crippen molar-refractivity contribution in [2.24, 2.45) is 5.73 Å². The highest BCUT2D eigenvalue weighted by molar-refractivity contribution is 6.10. The SMILES string of the molecule is CCc1cc(OC)ccc1-n1nc(C(N)=O)c2c1C(=O)N(c1ccc(N3CCCCC3=O)cc1OC)CC2. The number of aryl methyl sites for hydroxylation is 1. The van der Waals surface area contributed by atoms with Crippen molar-refractivity contribution < 1.29 is 23.9 Å². The molecule has 0 unspecified atom stereocenters. The molecule has 2 aromatic carbocycles. The Labute approximate surface area is 220 Å². The van der Waals surface area contributed by atoms with Crippen LogP contribution in [0.5, 0.6) is 11.5 Å². The molecule has 10 nitrogen and oxygen atoms in total. The zero-order chi connectivity index (χ0) is 27.0. The zero-order valence-corrected chi connectivity index (χ0v) is 21.8. The number of aromatic nitrogens is 2. The standard InChI is InChI=1S/C28H31N5O5/c1-4-17-15-19(37-2)9-11-21(17)33-26-20(25(30-33)27(29)35)12-14-32(28(26)36)22-10-8-18(16-23(22)38-3)31-13-6-5-7-24(31)34/h8-11,15-16H,4-7,12-14H2,1-3H3,(H2,29,35). The summed E-state index contributed by atoms with van der Waals surface area (Å²) in [5.41, 5.74) is 9.50. The first-order chi connectivity index (χ1) is 18.4. The number of nitrogens with zero attached hydrogens (tertiary/aromatic N) is 4. The first-order valence-corrected chi connectivity index (χ1v) is 12.8. The van der Waals surface area contributed by atoms with Gasteiger partial charge >= 0.3 is 0 Å². The van der Waals surface area contributed by atoms with Crippen molar-refractivity contribution in [3.63, 3.8) is 0 Å². The Kier molecular flexibility index (Phi) is 6.79. The van der Waals surface area contributed by atoms with Crippen LogP contribution < -0.4 is 25.0 Å². The molecule has 3 aromatic rings. The van der Waals surface area contributed by atoms with Gasteiger partial charge < -0.3 is 25.0 Å². The summed E-state index contributed by atoms with van der Waals surface area (Å²) in [7, 11) is 3.14. The van der Waals surface area contributed by atoms with Crippen LogP contribution >= 0.6 is 0 Å². The number of amides is 3. The van der Waals surface area contributed by atoms with E-state index in [1.807, 2.05) is 25.1 Å². The molecule has 38 heavy (non-hydrogen) atoms. The number of hydrogen-bond donors (Lipinski definition) is 1. The molecular formula is C28H31N5O5. The predicted octanol–water partition coefficient (Wildman–Crippen LogP) is 3.27. The fourth-order valence-corrected chi connectivity index (χ4v) is 5.28. The average Bonchev–Trinajstić information content (AvgIpc) is 3.33. The lowest BCUT2D eigenvalue weighted by molar-refractivity contribution is -0.119. The molecule has 3 heterocycles. The monoisotopic (exact) mass is 517 g/mol. The van der Waals surface area contributed by atoms with Gasteiger partial charge in [-0.25, -0.2) is 4.68 Å². The number of benzene rings is 2. The molecule has 0 spiro atoms. The Hall–Kier alpha value is -4.34. The van der Waals surface area contributed by atoms with Crippen molar-refractivity contribution in [3.05, 3.63) is 58.9 Å². The van der Waals surface area contributed by atoms with Gasteiger partial charge in [-0.3, -0.25) is 14.4 Å². The summed E-state index contributed by atoms with van der Waals surface area (Å²) >= 11 is 0. The third-order valence-electron chi connectivity index (χ3n) is 7.23. The Morgan fingerprint density at radius 3 is 2.45 bits per heavy atom. The number of nitrogens with two attached hydrogens (primary N) is 1. The number of carbonyl (C=O) groups excluding carboxylic acids is 3. The molecule has 198 valence electrons. The molecule has 1 aromatic heterocycles. The zero-order valence-electron chi connectivity index (χ0n) is 21.8. The smallest absolute Gasteiger partial charge is 0.277 e. The van der Waals surface area contributed by atoms with Gasteiger partial charge in [0.25, 0.3) is 11.8 Å². The molecule has 1 fully saturated rings. The summed E-state index contributed by atoms with van der Waals surface area (Å²) in [6.07, 6.45) is 3.42. The maximum Gasteiger partial charge on any atom is 0.277 e. The number of piperidine rings is 1. The molecule has 3 amide bonds. The van der Waals surface area contributed by atoms with E-state index in [1.165, 1.54) is 4.68 Å². The molecule has 5 rings (SSSR count). The van der Waals surface area contributed by atoms with Crippen LogP contribution in [0.4, 0.5) is 11.4 Å². The van der Waals surface area contributed by atoms with Crippen molar-refractivity contribution in [2.75, 3.05) is 37.1 Å². The highest BCUT2D eigenvalue weighted by Crippen LogP contribution is 2.37. The summed E-state index contributed by atoms with van der Waals surface area (Å²) in [6, 6.07) is 11.0. The lowest BCUT2D eigenvalue weighted by Crippen LogP contribution is -2.39. The minimum Gasteiger partial charge on any atom is -0.497 e. The van der Waals surface area contributed by atoms with Crippen LogP contribution in [-0.2, 0) is 17.6 Å².